The number of hydrogen-bond acceptors (Lipinski definition) is 3. The predicted octanol–water partition coefficient (Wildman–Crippen LogP) is -0.226. The van der Waals surface area contributed by atoms with Crippen LogP contribution in [0.2, 0.25) is 0 Å². The molecule has 2 rings (SSSR count). The van der Waals surface area contributed by atoms with Gasteiger partial charge in [-0.3, -0.25) is 4.57 Å². The summed E-state index contributed by atoms with van der Waals surface area (Å²) in [5.74, 6) is 0. The van der Waals surface area contributed by atoms with Gasteiger partial charge in [-0.25, -0.2) is 14.2 Å². The topological polar surface area (TPSA) is 96.0 Å². The third kappa shape index (κ3) is 3.22. The first-order valence-corrected chi connectivity index (χ1v) is 7.43. The molecule has 0 atom stereocenters. The highest BCUT2D eigenvalue weighted by atomic mass is 32.2. The van der Waals surface area contributed by atoms with Gasteiger partial charge in [-0.2, -0.15) is 8.42 Å². The first-order chi connectivity index (χ1) is 9.03. The zero-order chi connectivity index (χ0) is 13.9. The van der Waals surface area contributed by atoms with Gasteiger partial charge in [0, 0.05) is 19.6 Å². The minimum absolute atomic E-state index is 0.150. The fourth-order valence-corrected chi connectivity index (χ4v) is 2.70. The summed E-state index contributed by atoms with van der Waals surface area (Å²) in [7, 11) is -3.48. The van der Waals surface area contributed by atoms with Crippen molar-refractivity contribution in [1.82, 2.24) is 19.0 Å². The molecule has 1 aromatic heterocycles. The molecule has 0 amide bonds. The van der Waals surface area contributed by atoms with E-state index in [0.29, 0.717) is 6.54 Å². The molecule has 0 saturated heterocycles. The molecule has 7 nitrogen and oxygen atoms in total. The van der Waals surface area contributed by atoms with Crippen LogP contribution in [0, 0.1) is 0 Å². The van der Waals surface area contributed by atoms with E-state index in [4.69, 9.17) is 0 Å². The number of H-pyrrole nitrogens is 1. The van der Waals surface area contributed by atoms with Crippen LogP contribution in [0.15, 0.2) is 29.1 Å². The highest BCUT2D eigenvalue weighted by Gasteiger charge is 2.09. The summed E-state index contributed by atoms with van der Waals surface area (Å²) in [6.07, 6.45) is 0. The van der Waals surface area contributed by atoms with Gasteiger partial charge in [0.15, 0.2) is 0 Å². The molecular formula is C11H16N4O3S. The second kappa shape index (κ2) is 5.55. The van der Waals surface area contributed by atoms with Gasteiger partial charge in [-0.05, 0) is 12.1 Å². The average Bonchev–Trinajstić information content (AvgIpc) is 2.66. The number of benzene rings is 1. The van der Waals surface area contributed by atoms with Gasteiger partial charge in [0.25, 0.3) is 10.2 Å². The summed E-state index contributed by atoms with van der Waals surface area (Å²) in [6, 6.07) is 7.27. The van der Waals surface area contributed by atoms with Crippen LogP contribution >= 0.6 is 0 Å². The maximum absolute atomic E-state index is 11.7. The Labute approximate surface area is 110 Å². The predicted molar refractivity (Wildman–Crippen MR) is 73.2 cm³/mol. The van der Waals surface area contributed by atoms with Gasteiger partial charge in [0.2, 0.25) is 0 Å². The van der Waals surface area contributed by atoms with Crippen LogP contribution < -0.4 is 15.1 Å². The highest BCUT2D eigenvalue weighted by molar-refractivity contribution is 7.87. The summed E-state index contributed by atoms with van der Waals surface area (Å²) in [5, 5.41) is 0. The normalized spacial score (nSPS) is 12.1. The van der Waals surface area contributed by atoms with Gasteiger partial charge >= 0.3 is 5.69 Å². The Morgan fingerprint density at radius 3 is 2.74 bits per heavy atom. The van der Waals surface area contributed by atoms with E-state index >= 15 is 0 Å². The maximum atomic E-state index is 11.7. The van der Waals surface area contributed by atoms with Gasteiger partial charge in [-0.15, -0.1) is 0 Å². The standard InChI is InChI=1S/C11H16N4O3S/c1-2-12-19(17,18)13-7-8-15-10-6-4-3-5-9(10)14-11(15)16/h3-6,12-13H,2,7-8H2,1H3,(H,14,16). The van der Waals surface area contributed by atoms with Gasteiger partial charge in [0.05, 0.1) is 11.0 Å². The van der Waals surface area contributed by atoms with Crippen LogP contribution in [0.25, 0.3) is 11.0 Å². The minimum Gasteiger partial charge on any atom is -0.306 e. The van der Waals surface area contributed by atoms with Crippen molar-refractivity contribution >= 4 is 21.2 Å². The molecule has 3 N–H and O–H groups in total. The molecule has 0 unspecified atom stereocenters. The number of nitrogens with one attached hydrogen (secondary N) is 3. The van der Waals surface area contributed by atoms with Crippen LogP contribution in [0.3, 0.4) is 0 Å². The largest absolute Gasteiger partial charge is 0.326 e. The molecule has 104 valence electrons. The first-order valence-electron chi connectivity index (χ1n) is 5.95. The Balaban J connectivity index is 2.10. The molecule has 19 heavy (non-hydrogen) atoms. The maximum Gasteiger partial charge on any atom is 0.326 e. The van der Waals surface area contributed by atoms with Crippen molar-refractivity contribution in [2.45, 2.75) is 13.5 Å². The summed E-state index contributed by atoms with van der Waals surface area (Å²) < 4.78 is 29.0. The number of hydrogen-bond donors (Lipinski definition) is 3. The summed E-state index contributed by atoms with van der Waals surface area (Å²) in [5.41, 5.74) is 1.25. The number of aromatic nitrogens is 2. The molecule has 0 saturated carbocycles. The van der Waals surface area contributed by atoms with Crippen molar-refractivity contribution in [3.63, 3.8) is 0 Å². The number of aromatic amines is 1. The third-order valence-corrected chi connectivity index (χ3v) is 3.90. The van der Waals surface area contributed by atoms with Crippen molar-refractivity contribution < 1.29 is 8.42 Å². The lowest BCUT2D eigenvalue weighted by molar-refractivity contribution is 0.560. The Hall–Kier alpha value is -1.64. The van der Waals surface area contributed by atoms with Crippen LogP contribution in [-0.2, 0) is 16.8 Å². The second-order valence-corrected chi connectivity index (χ2v) is 5.58. The van der Waals surface area contributed by atoms with Crippen molar-refractivity contribution in [1.29, 1.82) is 0 Å². The number of nitrogens with zero attached hydrogens (tertiary/aromatic N) is 1. The van der Waals surface area contributed by atoms with E-state index < -0.39 is 10.2 Å². The fourth-order valence-electron chi connectivity index (χ4n) is 1.86. The lowest BCUT2D eigenvalue weighted by Crippen LogP contribution is -2.38. The molecule has 0 aliphatic carbocycles. The van der Waals surface area contributed by atoms with Gasteiger partial charge < -0.3 is 4.98 Å². The molecule has 1 aromatic carbocycles. The summed E-state index contributed by atoms with van der Waals surface area (Å²) in [6.45, 7) is 2.44. The van der Waals surface area contributed by atoms with E-state index in [1.54, 1.807) is 13.0 Å². The highest BCUT2D eigenvalue weighted by Crippen LogP contribution is 2.08. The van der Waals surface area contributed by atoms with Gasteiger partial charge in [0.1, 0.15) is 0 Å². The van der Waals surface area contributed by atoms with E-state index in [-0.39, 0.29) is 18.8 Å². The summed E-state index contributed by atoms with van der Waals surface area (Å²) in [4.78, 5) is 14.4. The monoisotopic (exact) mass is 284 g/mol. The summed E-state index contributed by atoms with van der Waals surface area (Å²) >= 11 is 0. The number of imidazole rings is 1. The Bertz CT molecular complexity index is 717. The first kappa shape index (κ1) is 13.8. The van der Waals surface area contributed by atoms with Gasteiger partial charge in [-0.1, -0.05) is 19.1 Å². The molecule has 0 aliphatic rings. The minimum atomic E-state index is -3.48. The third-order valence-electron chi connectivity index (χ3n) is 2.64. The Morgan fingerprint density at radius 2 is 2.00 bits per heavy atom. The molecule has 0 fully saturated rings. The van der Waals surface area contributed by atoms with E-state index in [1.165, 1.54) is 4.57 Å². The molecule has 8 heteroatoms. The Morgan fingerprint density at radius 1 is 1.26 bits per heavy atom. The van der Waals surface area contributed by atoms with Crippen molar-refractivity contribution in [3.8, 4) is 0 Å². The molecule has 0 radical (unpaired) electrons. The van der Waals surface area contributed by atoms with Crippen LogP contribution in [-0.4, -0.2) is 31.1 Å². The number of rotatable bonds is 6. The molecular weight excluding hydrogens is 268 g/mol. The number of fused-ring (bicyclic) bond motifs is 1. The van der Waals surface area contributed by atoms with E-state index in [9.17, 15) is 13.2 Å². The molecule has 2 aromatic rings. The zero-order valence-electron chi connectivity index (χ0n) is 10.5. The molecule has 1 heterocycles. The fraction of sp³-hybridized carbons (Fsp3) is 0.364. The van der Waals surface area contributed by atoms with Crippen LogP contribution in [0.5, 0.6) is 0 Å². The lowest BCUT2D eigenvalue weighted by atomic mass is 10.3. The average molecular weight is 284 g/mol. The van der Waals surface area contributed by atoms with Crippen LogP contribution in [0.4, 0.5) is 0 Å². The molecule has 0 spiro atoms. The lowest BCUT2D eigenvalue weighted by Gasteiger charge is -2.07. The molecule has 0 bridgehead atoms. The van der Waals surface area contributed by atoms with Crippen molar-refractivity contribution in [2.24, 2.45) is 0 Å². The second-order valence-electron chi connectivity index (χ2n) is 3.99. The molecule has 0 aliphatic heterocycles. The van der Waals surface area contributed by atoms with Crippen LogP contribution in [0.1, 0.15) is 6.92 Å². The van der Waals surface area contributed by atoms with E-state index in [1.807, 2.05) is 18.2 Å². The Kier molecular flexibility index (Phi) is 4.03. The van der Waals surface area contributed by atoms with Crippen molar-refractivity contribution in [3.05, 3.63) is 34.7 Å². The van der Waals surface area contributed by atoms with E-state index in [0.717, 1.165) is 11.0 Å². The quantitative estimate of drug-likeness (QED) is 0.684. The van der Waals surface area contributed by atoms with Crippen molar-refractivity contribution in [2.75, 3.05) is 13.1 Å². The van der Waals surface area contributed by atoms with E-state index in [2.05, 4.69) is 14.4 Å². The zero-order valence-corrected chi connectivity index (χ0v) is 11.3. The number of para-hydroxylation sites is 2. The smallest absolute Gasteiger partial charge is 0.306 e. The SMILES string of the molecule is CCNS(=O)(=O)NCCn1c(=O)[nH]c2ccccc21.